The molecule has 80 valence electrons. The summed E-state index contributed by atoms with van der Waals surface area (Å²) in [6, 6.07) is 0. The lowest BCUT2D eigenvalue weighted by molar-refractivity contribution is -0.156. The molecule has 14 heavy (non-hydrogen) atoms. The predicted octanol–water partition coefficient (Wildman–Crippen LogP) is 0.0333. The number of nitrogens with one attached hydrogen (secondary N) is 1. The zero-order valence-corrected chi connectivity index (χ0v) is 8.84. The Labute approximate surface area is 82.8 Å². The van der Waals surface area contributed by atoms with Gasteiger partial charge >= 0.3 is 5.97 Å². The largest absolute Gasteiger partial charge is 0.464 e. The number of carbonyl (C=O) groups is 3. The highest BCUT2D eigenvalue weighted by atomic mass is 16.5. The molecule has 0 saturated carbocycles. The van der Waals surface area contributed by atoms with Gasteiger partial charge < -0.3 is 10.1 Å². The lowest BCUT2D eigenvalue weighted by Crippen LogP contribution is -2.57. The van der Waals surface area contributed by atoms with Crippen LogP contribution in [0.25, 0.3) is 0 Å². The van der Waals surface area contributed by atoms with Gasteiger partial charge in [0.25, 0.3) is 0 Å². The molecule has 5 nitrogen and oxygen atoms in total. The Morgan fingerprint density at radius 1 is 1.29 bits per heavy atom. The molecule has 0 aromatic carbocycles. The Balaban J connectivity index is 4.80. The second-order valence-corrected chi connectivity index (χ2v) is 3.08. The summed E-state index contributed by atoms with van der Waals surface area (Å²) in [4.78, 5) is 33.4. The van der Waals surface area contributed by atoms with E-state index in [4.69, 9.17) is 4.74 Å². The lowest BCUT2D eigenvalue weighted by Gasteiger charge is -2.24. The number of rotatable bonds is 4. The van der Waals surface area contributed by atoms with Gasteiger partial charge in [0.1, 0.15) is 0 Å². The first-order chi connectivity index (χ1) is 6.34. The molecule has 0 saturated heterocycles. The first kappa shape index (κ1) is 12.6. The Morgan fingerprint density at radius 2 is 1.79 bits per heavy atom. The van der Waals surface area contributed by atoms with Crippen LogP contribution in [0.4, 0.5) is 0 Å². The van der Waals surface area contributed by atoms with Gasteiger partial charge in [-0.25, -0.2) is 4.79 Å². The van der Waals surface area contributed by atoms with E-state index in [1.807, 2.05) is 0 Å². The second kappa shape index (κ2) is 4.74. The van der Waals surface area contributed by atoms with Crippen LogP contribution < -0.4 is 5.32 Å². The first-order valence-corrected chi connectivity index (χ1v) is 4.31. The van der Waals surface area contributed by atoms with Crippen molar-refractivity contribution in [3.8, 4) is 0 Å². The van der Waals surface area contributed by atoms with Gasteiger partial charge in [0.2, 0.25) is 5.91 Å². The van der Waals surface area contributed by atoms with Crippen molar-refractivity contribution in [3.63, 3.8) is 0 Å². The lowest BCUT2D eigenvalue weighted by atomic mass is 9.97. The molecule has 5 heteroatoms. The van der Waals surface area contributed by atoms with Crippen LogP contribution in [-0.2, 0) is 19.1 Å². The molecule has 0 aromatic rings. The average Bonchev–Trinajstić information content (AvgIpc) is 2.02. The van der Waals surface area contributed by atoms with Crippen LogP contribution in [0.5, 0.6) is 0 Å². The minimum Gasteiger partial charge on any atom is -0.464 e. The molecule has 0 spiro atoms. The van der Waals surface area contributed by atoms with Crippen LogP contribution in [-0.4, -0.2) is 29.8 Å². The molecule has 0 rings (SSSR count). The minimum absolute atomic E-state index is 0.168. The Bertz CT molecular complexity index is 262. The van der Waals surface area contributed by atoms with Crippen LogP contribution in [0.15, 0.2) is 0 Å². The summed E-state index contributed by atoms with van der Waals surface area (Å²) < 4.78 is 4.69. The fourth-order valence-electron chi connectivity index (χ4n) is 0.910. The number of amides is 1. The van der Waals surface area contributed by atoms with Crippen molar-refractivity contribution in [2.75, 3.05) is 6.61 Å². The van der Waals surface area contributed by atoms with E-state index in [0.717, 1.165) is 0 Å². The van der Waals surface area contributed by atoms with Crippen molar-refractivity contribution in [2.24, 2.45) is 0 Å². The summed E-state index contributed by atoms with van der Waals surface area (Å²) in [5.41, 5.74) is -1.57. The smallest absolute Gasteiger partial charge is 0.339 e. The number of ether oxygens (including phenoxy) is 1. The van der Waals surface area contributed by atoms with Crippen LogP contribution in [0.3, 0.4) is 0 Å². The van der Waals surface area contributed by atoms with E-state index in [2.05, 4.69) is 5.32 Å². The summed E-state index contributed by atoms with van der Waals surface area (Å²) in [7, 11) is 0. The fourth-order valence-corrected chi connectivity index (χ4v) is 0.910. The number of hydrogen-bond donors (Lipinski definition) is 1. The van der Waals surface area contributed by atoms with Gasteiger partial charge in [0.15, 0.2) is 11.3 Å². The third kappa shape index (κ3) is 2.83. The monoisotopic (exact) mass is 201 g/mol. The summed E-state index contributed by atoms with van der Waals surface area (Å²) in [6.45, 7) is 5.59. The molecule has 0 aliphatic rings. The summed E-state index contributed by atoms with van der Waals surface area (Å²) in [6.07, 6.45) is 0. The molecule has 0 aliphatic carbocycles. The van der Waals surface area contributed by atoms with Gasteiger partial charge in [-0.1, -0.05) is 0 Å². The molecular weight excluding hydrogens is 186 g/mol. The third-order valence-electron chi connectivity index (χ3n) is 1.81. The molecule has 0 bridgehead atoms. The molecule has 1 unspecified atom stereocenters. The minimum atomic E-state index is -1.57. The normalized spacial score (nSPS) is 14.0. The van der Waals surface area contributed by atoms with E-state index in [0.29, 0.717) is 0 Å². The molecule has 0 aromatic heterocycles. The maximum atomic E-state index is 11.4. The van der Waals surface area contributed by atoms with E-state index in [1.165, 1.54) is 20.8 Å². The van der Waals surface area contributed by atoms with E-state index in [9.17, 15) is 14.4 Å². The average molecular weight is 201 g/mol. The summed E-state index contributed by atoms with van der Waals surface area (Å²) in [5, 5.41) is 2.28. The SMILES string of the molecule is CCOC(=O)C(C)(NC(C)=O)C(C)=O. The Hall–Kier alpha value is -1.39. The summed E-state index contributed by atoms with van der Waals surface area (Å²) in [5.74, 6) is -1.63. The van der Waals surface area contributed by atoms with Crippen molar-refractivity contribution in [3.05, 3.63) is 0 Å². The van der Waals surface area contributed by atoms with Crippen LogP contribution in [0, 0.1) is 0 Å². The molecule has 0 aliphatic heterocycles. The highest BCUT2D eigenvalue weighted by Gasteiger charge is 2.40. The maximum absolute atomic E-state index is 11.4. The van der Waals surface area contributed by atoms with Gasteiger partial charge in [-0.15, -0.1) is 0 Å². The van der Waals surface area contributed by atoms with Gasteiger partial charge in [-0.2, -0.15) is 0 Å². The molecule has 0 heterocycles. The Morgan fingerprint density at radius 3 is 2.07 bits per heavy atom. The van der Waals surface area contributed by atoms with Crippen molar-refractivity contribution in [2.45, 2.75) is 33.2 Å². The molecule has 1 N–H and O–H groups in total. The molecule has 0 fully saturated rings. The van der Waals surface area contributed by atoms with Crippen molar-refractivity contribution < 1.29 is 19.1 Å². The zero-order valence-electron chi connectivity index (χ0n) is 8.84. The van der Waals surface area contributed by atoms with Gasteiger partial charge in [0.05, 0.1) is 6.61 Å². The molecular formula is C9H15NO4. The van der Waals surface area contributed by atoms with E-state index in [1.54, 1.807) is 6.92 Å². The summed E-state index contributed by atoms with van der Waals surface area (Å²) >= 11 is 0. The van der Waals surface area contributed by atoms with E-state index < -0.39 is 23.2 Å². The number of ketones is 1. The van der Waals surface area contributed by atoms with E-state index >= 15 is 0 Å². The fraction of sp³-hybridized carbons (Fsp3) is 0.667. The number of Topliss-reactive ketones (excluding diaryl/α,β-unsaturated/α-hetero) is 1. The van der Waals surface area contributed by atoms with Gasteiger partial charge in [-0.05, 0) is 20.8 Å². The number of carbonyl (C=O) groups excluding carboxylic acids is 3. The second-order valence-electron chi connectivity index (χ2n) is 3.08. The maximum Gasteiger partial charge on any atom is 0.339 e. The van der Waals surface area contributed by atoms with Gasteiger partial charge in [-0.3, -0.25) is 9.59 Å². The topological polar surface area (TPSA) is 72.5 Å². The number of hydrogen-bond acceptors (Lipinski definition) is 4. The highest BCUT2D eigenvalue weighted by Crippen LogP contribution is 2.08. The third-order valence-corrected chi connectivity index (χ3v) is 1.81. The highest BCUT2D eigenvalue weighted by molar-refractivity contribution is 6.09. The molecule has 1 atom stereocenters. The molecule has 1 amide bonds. The Kier molecular flexibility index (Phi) is 4.27. The molecule has 0 radical (unpaired) electrons. The zero-order chi connectivity index (χ0) is 11.4. The van der Waals surface area contributed by atoms with Crippen LogP contribution in [0.2, 0.25) is 0 Å². The van der Waals surface area contributed by atoms with E-state index in [-0.39, 0.29) is 6.61 Å². The van der Waals surface area contributed by atoms with Crippen molar-refractivity contribution in [1.82, 2.24) is 5.32 Å². The van der Waals surface area contributed by atoms with Crippen molar-refractivity contribution in [1.29, 1.82) is 0 Å². The number of esters is 1. The predicted molar refractivity (Wildman–Crippen MR) is 49.5 cm³/mol. The standard InChI is InChI=1S/C9H15NO4/c1-5-14-8(13)9(4,6(2)11)10-7(3)12/h5H2,1-4H3,(H,10,12). The first-order valence-electron chi connectivity index (χ1n) is 4.31. The van der Waals surface area contributed by atoms with Crippen molar-refractivity contribution >= 4 is 17.7 Å². The quantitative estimate of drug-likeness (QED) is 0.514. The van der Waals surface area contributed by atoms with Crippen LogP contribution >= 0.6 is 0 Å². The van der Waals surface area contributed by atoms with Crippen LogP contribution in [0.1, 0.15) is 27.7 Å². The van der Waals surface area contributed by atoms with Gasteiger partial charge in [0, 0.05) is 6.92 Å².